The van der Waals surface area contributed by atoms with E-state index in [1.54, 1.807) is 13.3 Å². The van der Waals surface area contributed by atoms with Gasteiger partial charge in [-0.15, -0.1) is 0 Å². The van der Waals surface area contributed by atoms with Gasteiger partial charge in [-0.05, 0) is 0 Å². The van der Waals surface area contributed by atoms with Crippen LogP contribution in [0.2, 0.25) is 0 Å². The summed E-state index contributed by atoms with van der Waals surface area (Å²) < 4.78 is 10.4. The first-order chi connectivity index (χ1) is 6.42. The molecule has 1 N–H and O–H groups in total. The summed E-state index contributed by atoms with van der Waals surface area (Å²) in [5.74, 6) is 1.74. The molecule has 0 aliphatic carbocycles. The summed E-state index contributed by atoms with van der Waals surface area (Å²) in [5.41, 5.74) is 0. The van der Waals surface area contributed by atoms with Crippen molar-refractivity contribution in [2.75, 3.05) is 38.3 Å². The van der Waals surface area contributed by atoms with Gasteiger partial charge < -0.3 is 15.8 Å². The van der Waals surface area contributed by atoms with Gasteiger partial charge in [-0.3, -0.25) is 5.10 Å². The largest absolute Gasteiger partial charge is 1.00 e. The Morgan fingerprint density at radius 2 is 2.29 bits per heavy atom. The number of nitrogens with zero attached hydrogens (tertiary/aromatic N) is 2. The zero-order valence-corrected chi connectivity index (χ0v) is 8.62. The van der Waals surface area contributed by atoms with E-state index in [2.05, 4.69) is 15.1 Å². The van der Waals surface area contributed by atoms with Gasteiger partial charge in [0.2, 0.25) is 0 Å². The molecule has 5 nitrogen and oxygen atoms in total. The van der Waals surface area contributed by atoms with Crippen LogP contribution in [-0.2, 0) is 4.74 Å². The molecule has 1 aliphatic rings. The van der Waals surface area contributed by atoms with Gasteiger partial charge in [-0.2, -0.15) is 5.10 Å². The van der Waals surface area contributed by atoms with Crippen LogP contribution in [0.5, 0.6) is 5.75 Å². The molecule has 0 spiro atoms. The van der Waals surface area contributed by atoms with Crippen molar-refractivity contribution in [1.29, 1.82) is 0 Å². The Hall–Kier alpha value is -0.633. The predicted octanol–water partition coefficient (Wildman–Crippen LogP) is -2.63. The summed E-state index contributed by atoms with van der Waals surface area (Å²) in [6.45, 7) is 3.31. The Kier molecular flexibility index (Phi) is 4.33. The first kappa shape index (κ1) is 11.4. The summed E-state index contributed by atoms with van der Waals surface area (Å²) in [6.07, 6.45) is 1.69. The molecule has 0 saturated carbocycles. The molecule has 74 valence electrons. The van der Waals surface area contributed by atoms with E-state index in [4.69, 9.17) is 9.47 Å². The van der Waals surface area contributed by atoms with Gasteiger partial charge in [0.1, 0.15) is 0 Å². The van der Waals surface area contributed by atoms with Gasteiger partial charge in [0.05, 0.1) is 26.5 Å². The number of aromatic amines is 1. The molecule has 0 atom stereocenters. The fourth-order valence-electron chi connectivity index (χ4n) is 1.43. The smallest absolute Gasteiger partial charge is 1.00 e. The number of morpholine rings is 1. The van der Waals surface area contributed by atoms with E-state index >= 15 is 0 Å². The molecule has 2 heterocycles. The fraction of sp³-hybridized carbons (Fsp3) is 0.625. The van der Waals surface area contributed by atoms with Gasteiger partial charge >= 0.3 is 18.9 Å². The Labute approximate surface area is 96.4 Å². The monoisotopic (exact) mass is 191 g/mol. The third kappa shape index (κ3) is 2.24. The molecule has 2 rings (SSSR count). The average molecular weight is 191 g/mol. The number of ether oxygens (including phenoxy) is 2. The molecule has 0 bridgehead atoms. The summed E-state index contributed by atoms with van der Waals surface area (Å²) in [7, 11) is 1.65. The zero-order valence-electron chi connectivity index (χ0n) is 9.62. The van der Waals surface area contributed by atoms with E-state index in [9.17, 15) is 0 Å². The molecule has 1 saturated heterocycles. The van der Waals surface area contributed by atoms with Crippen molar-refractivity contribution < 1.29 is 29.8 Å². The Bertz CT molecular complexity index is 279. The normalized spacial score (nSPS) is 16.2. The predicted molar refractivity (Wildman–Crippen MR) is 49.3 cm³/mol. The van der Waals surface area contributed by atoms with Gasteiger partial charge in [0.15, 0.2) is 11.6 Å². The van der Waals surface area contributed by atoms with Crippen molar-refractivity contribution in [3.63, 3.8) is 0 Å². The molecule has 1 aliphatic heterocycles. The summed E-state index contributed by atoms with van der Waals surface area (Å²) in [5, 5.41) is 6.86. The quantitative estimate of drug-likeness (QED) is 0.520. The third-order valence-electron chi connectivity index (χ3n) is 2.13. The van der Waals surface area contributed by atoms with Crippen LogP contribution in [-0.4, -0.2) is 43.6 Å². The number of H-pyrrole nitrogens is 1. The first-order valence-corrected chi connectivity index (χ1v) is 4.32. The molecule has 0 unspecified atom stereocenters. The molecule has 14 heavy (non-hydrogen) atoms. The number of hydrogen-bond acceptors (Lipinski definition) is 4. The van der Waals surface area contributed by atoms with Crippen LogP contribution < -0.4 is 28.5 Å². The van der Waals surface area contributed by atoms with Gasteiger partial charge in [-0.25, -0.2) is 0 Å². The van der Waals surface area contributed by atoms with E-state index in [0.717, 1.165) is 37.9 Å². The van der Waals surface area contributed by atoms with E-state index in [-0.39, 0.29) is 20.3 Å². The Morgan fingerprint density at radius 1 is 1.57 bits per heavy atom. The standard InChI is InChI=1S/C8H13N3O2.Li.H/c1-12-7-6-9-10-8(7)11-2-4-13-5-3-11;;/h6H,2-5H2,1H3,(H,9,10);;/q;+1;-1. The number of aromatic nitrogens is 2. The van der Waals surface area contributed by atoms with Crippen LogP contribution in [0.15, 0.2) is 6.20 Å². The maximum Gasteiger partial charge on any atom is 1.00 e. The summed E-state index contributed by atoms with van der Waals surface area (Å²) >= 11 is 0. The second kappa shape index (κ2) is 5.30. The molecular weight excluding hydrogens is 177 g/mol. The molecule has 0 aromatic carbocycles. The molecule has 6 heteroatoms. The summed E-state index contributed by atoms with van der Waals surface area (Å²) in [4.78, 5) is 2.18. The zero-order chi connectivity index (χ0) is 9.10. The van der Waals surface area contributed by atoms with Crippen molar-refractivity contribution in [3.8, 4) is 5.75 Å². The number of rotatable bonds is 2. The molecule has 1 aromatic rings. The van der Waals surface area contributed by atoms with Gasteiger partial charge in [0, 0.05) is 13.1 Å². The van der Waals surface area contributed by atoms with E-state index < -0.39 is 0 Å². The Morgan fingerprint density at radius 3 is 2.93 bits per heavy atom. The van der Waals surface area contributed by atoms with Crippen LogP contribution >= 0.6 is 0 Å². The van der Waals surface area contributed by atoms with Crippen LogP contribution in [0.4, 0.5) is 5.82 Å². The van der Waals surface area contributed by atoms with E-state index in [1.165, 1.54) is 0 Å². The SMILES string of the molecule is COc1cn[nH]c1N1CCOCC1.[H-].[Li+]. The number of methoxy groups -OCH3 is 1. The minimum Gasteiger partial charge on any atom is -1.00 e. The molecule has 0 radical (unpaired) electrons. The second-order valence-electron chi connectivity index (χ2n) is 2.89. The van der Waals surface area contributed by atoms with Crippen LogP contribution in [0.1, 0.15) is 1.43 Å². The average Bonchev–Trinajstić information content (AvgIpc) is 2.67. The van der Waals surface area contributed by atoms with E-state index in [0.29, 0.717) is 0 Å². The third-order valence-corrected chi connectivity index (χ3v) is 2.13. The second-order valence-corrected chi connectivity index (χ2v) is 2.89. The number of nitrogens with one attached hydrogen (secondary N) is 1. The summed E-state index contributed by atoms with van der Waals surface area (Å²) in [6, 6.07) is 0. The minimum atomic E-state index is 0. The first-order valence-electron chi connectivity index (χ1n) is 4.32. The number of hydrogen-bond donors (Lipinski definition) is 1. The van der Waals surface area contributed by atoms with Crippen LogP contribution in [0, 0.1) is 0 Å². The maximum atomic E-state index is 5.25. The van der Waals surface area contributed by atoms with Crippen molar-refractivity contribution in [2.45, 2.75) is 0 Å². The topological polar surface area (TPSA) is 50.4 Å². The van der Waals surface area contributed by atoms with Crippen molar-refractivity contribution >= 4 is 5.82 Å². The Balaban J connectivity index is 0.000000980. The van der Waals surface area contributed by atoms with Gasteiger partial charge in [0.25, 0.3) is 0 Å². The van der Waals surface area contributed by atoms with Crippen molar-refractivity contribution in [2.24, 2.45) is 0 Å². The molecule has 1 fully saturated rings. The minimum absolute atomic E-state index is 0. The maximum absolute atomic E-state index is 5.25. The fourth-order valence-corrected chi connectivity index (χ4v) is 1.43. The van der Waals surface area contributed by atoms with E-state index in [1.807, 2.05) is 0 Å². The van der Waals surface area contributed by atoms with Crippen LogP contribution in [0.25, 0.3) is 0 Å². The van der Waals surface area contributed by atoms with Crippen molar-refractivity contribution in [1.82, 2.24) is 10.2 Å². The molecular formula is C8H14LiN3O2. The molecule has 0 amide bonds. The van der Waals surface area contributed by atoms with Gasteiger partial charge in [-0.1, -0.05) is 0 Å². The van der Waals surface area contributed by atoms with Crippen LogP contribution in [0.3, 0.4) is 0 Å². The number of anilines is 1. The molecule has 1 aromatic heterocycles. The van der Waals surface area contributed by atoms with Crippen molar-refractivity contribution in [3.05, 3.63) is 6.20 Å².